The van der Waals surface area contributed by atoms with Crippen molar-refractivity contribution >= 4 is 5.91 Å². The number of rotatable bonds is 8. The molecule has 1 aromatic rings. The highest BCUT2D eigenvalue weighted by atomic mass is 16.5. The standard InChI is InChI=1S/C16H24N2O3/c1-3-4-7-21-14-6-5-12(8-15(14)20-2)9-18-16(19)13-10-17-11-13/h5-6,8,13,17H,3-4,7,9-11H2,1-2H3,(H,18,19). The highest BCUT2D eigenvalue weighted by Gasteiger charge is 2.24. The average molecular weight is 292 g/mol. The molecule has 1 fully saturated rings. The van der Waals surface area contributed by atoms with Gasteiger partial charge in [0.05, 0.1) is 19.6 Å². The third-order valence-corrected chi connectivity index (χ3v) is 3.60. The molecule has 0 radical (unpaired) electrons. The van der Waals surface area contributed by atoms with Crippen molar-refractivity contribution in [2.24, 2.45) is 5.92 Å². The molecule has 1 aliphatic rings. The van der Waals surface area contributed by atoms with Crippen molar-refractivity contribution in [2.45, 2.75) is 26.3 Å². The molecule has 1 aromatic carbocycles. The van der Waals surface area contributed by atoms with Gasteiger partial charge >= 0.3 is 0 Å². The van der Waals surface area contributed by atoms with Gasteiger partial charge in [0.2, 0.25) is 5.91 Å². The van der Waals surface area contributed by atoms with E-state index in [0.717, 1.165) is 37.2 Å². The molecule has 0 aromatic heterocycles. The normalized spacial score (nSPS) is 14.4. The Kier molecular flexibility index (Phi) is 5.87. The lowest BCUT2D eigenvalue weighted by Crippen LogP contribution is -2.50. The molecule has 0 bridgehead atoms. The van der Waals surface area contributed by atoms with Crippen LogP contribution < -0.4 is 20.1 Å². The average Bonchev–Trinajstić information content (AvgIpc) is 2.44. The molecular weight excluding hydrogens is 268 g/mol. The third kappa shape index (κ3) is 4.36. The molecule has 1 aliphatic heterocycles. The minimum atomic E-state index is 0.107. The van der Waals surface area contributed by atoms with Crippen LogP contribution in [0.2, 0.25) is 0 Å². The molecule has 1 heterocycles. The molecule has 1 saturated heterocycles. The monoisotopic (exact) mass is 292 g/mol. The molecular formula is C16H24N2O3. The van der Waals surface area contributed by atoms with E-state index in [1.165, 1.54) is 0 Å². The van der Waals surface area contributed by atoms with Crippen molar-refractivity contribution in [3.8, 4) is 11.5 Å². The molecule has 0 unspecified atom stereocenters. The van der Waals surface area contributed by atoms with Gasteiger partial charge in [0.15, 0.2) is 11.5 Å². The second-order valence-corrected chi connectivity index (χ2v) is 5.26. The summed E-state index contributed by atoms with van der Waals surface area (Å²) in [5.74, 6) is 1.69. The first-order valence-electron chi connectivity index (χ1n) is 7.52. The molecule has 0 spiro atoms. The van der Waals surface area contributed by atoms with Crippen molar-refractivity contribution < 1.29 is 14.3 Å². The van der Waals surface area contributed by atoms with Crippen LogP contribution in [0.25, 0.3) is 0 Å². The van der Waals surface area contributed by atoms with Crippen LogP contribution in [0.15, 0.2) is 18.2 Å². The van der Waals surface area contributed by atoms with E-state index in [1.54, 1.807) is 7.11 Å². The van der Waals surface area contributed by atoms with Crippen molar-refractivity contribution in [1.29, 1.82) is 0 Å². The number of carbonyl (C=O) groups excluding carboxylic acids is 1. The summed E-state index contributed by atoms with van der Waals surface area (Å²) >= 11 is 0. The summed E-state index contributed by atoms with van der Waals surface area (Å²) in [6.07, 6.45) is 2.12. The molecule has 0 atom stereocenters. The number of methoxy groups -OCH3 is 1. The van der Waals surface area contributed by atoms with Gasteiger partial charge in [-0.25, -0.2) is 0 Å². The Morgan fingerprint density at radius 2 is 2.19 bits per heavy atom. The van der Waals surface area contributed by atoms with Crippen LogP contribution in [0.3, 0.4) is 0 Å². The summed E-state index contributed by atoms with van der Waals surface area (Å²) in [7, 11) is 1.63. The van der Waals surface area contributed by atoms with Crippen molar-refractivity contribution in [2.75, 3.05) is 26.8 Å². The summed E-state index contributed by atoms with van der Waals surface area (Å²) in [6.45, 7) is 4.89. The van der Waals surface area contributed by atoms with E-state index < -0.39 is 0 Å². The quantitative estimate of drug-likeness (QED) is 0.716. The Morgan fingerprint density at radius 1 is 1.38 bits per heavy atom. The van der Waals surface area contributed by atoms with Gasteiger partial charge in [-0.15, -0.1) is 0 Å². The van der Waals surface area contributed by atoms with Crippen LogP contribution in [-0.2, 0) is 11.3 Å². The largest absolute Gasteiger partial charge is 0.493 e. The van der Waals surface area contributed by atoms with Gasteiger partial charge < -0.3 is 20.1 Å². The predicted molar refractivity (Wildman–Crippen MR) is 81.6 cm³/mol. The summed E-state index contributed by atoms with van der Waals surface area (Å²) in [5.41, 5.74) is 1.01. The van der Waals surface area contributed by atoms with Gasteiger partial charge in [-0.2, -0.15) is 0 Å². The van der Waals surface area contributed by atoms with Crippen molar-refractivity contribution in [3.63, 3.8) is 0 Å². The summed E-state index contributed by atoms with van der Waals surface area (Å²) < 4.78 is 11.0. The number of hydrogen-bond acceptors (Lipinski definition) is 4. The first-order chi connectivity index (χ1) is 10.2. The van der Waals surface area contributed by atoms with Crippen molar-refractivity contribution in [1.82, 2.24) is 10.6 Å². The first kappa shape index (κ1) is 15.6. The molecule has 2 rings (SSSR count). The lowest BCUT2D eigenvalue weighted by Gasteiger charge is -2.25. The minimum absolute atomic E-state index is 0.107. The van der Waals surface area contributed by atoms with E-state index in [2.05, 4.69) is 17.6 Å². The maximum atomic E-state index is 11.8. The molecule has 1 amide bonds. The lowest BCUT2D eigenvalue weighted by molar-refractivity contribution is -0.126. The van der Waals surface area contributed by atoms with Gasteiger partial charge in [0, 0.05) is 19.6 Å². The molecule has 0 saturated carbocycles. The lowest BCUT2D eigenvalue weighted by atomic mass is 10.0. The third-order valence-electron chi connectivity index (χ3n) is 3.60. The molecule has 116 valence electrons. The van der Waals surface area contributed by atoms with Crippen molar-refractivity contribution in [3.05, 3.63) is 23.8 Å². The molecule has 5 heteroatoms. The molecule has 5 nitrogen and oxygen atoms in total. The highest BCUT2D eigenvalue weighted by molar-refractivity contribution is 5.80. The van der Waals surface area contributed by atoms with E-state index >= 15 is 0 Å². The van der Waals surface area contributed by atoms with Crippen LogP contribution in [0, 0.1) is 5.92 Å². The Labute approximate surface area is 126 Å². The van der Waals surface area contributed by atoms with Crippen LogP contribution in [-0.4, -0.2) is 32.7 Å². The fourth-order valence-electron chi connectivity index (χ4n) is 2.08. The number of unbranched alkanes of at least 4 members (excludes halogenated alkanes) is 1. The number of ether oxygens (including phenoxy) is 2. The van der Waals surface area contributed by atoms with Crippen LogP contribution in [0.1, 0.15) is 25.3 Å². The summed E-state index contributed by atoms with van der Waals surface area (Å²) in [4.78, 5) is 11.8. The maximum absolute atomic E-state index is 11.8. The Hall–Kier alpha value is -1.75. The number of nitrogens with one attached hydrogen (secondary N) is 2. The summed E-state index contributed by atoms with van der Waals surface area (Å²) in [6, 6.07) is 5.78. The highest BCUT2D eigenvalue weighted by Crippen LogP contribution is 2.28. The van der Waals surface area contributed by atoms with E-state index in [4.69, 9.17) is 9.47 Å². The maximum Gasteiger partial charge on any atom is 0.225 e. The topological polar surface area (TPSA) is 59.6 Å². The summed E-state index contributed by atoms with van der Waals surface area (Å²) in [5, 5.41) is 6.04. The molecule has 2 N–H and O–H groups in total. The van der Waals surface area contributed by atoms with E-state index in [9.17, 15) is 4.79 Å². The zero-order valence-electron chi connectivity index (χ0n) is 12.8. The fraction of sp³-hybridized carbons (Fsp3) is 0.562. The Balaban J connectivity index is 1.89. The second-order valence-electron chi connectivity index (χ2n) is 5.26. The van der Waals surface area contributed by atoms with Gasteiger partial charge in [-0.1, -0.05) is 19.4 Å². The molecule has 0 aliphatic carbocycles. The van der Waals surface area contributed by atoms with Crippen LogP contribution >= 0.6 is 0 Å². The number of amides is 1. The van der Waals surface area contributed by atoms with Gasteiger partial charge in [0.1, 0.15) is 0 Å². The number of carbonyl (C=O) groups is 1. The SMILES string of the molecule is CCCCOc1ccc(CNC(=O)C2CNC2)cc1OC. The fourth-order valence-corrected chi connectivity index (χ4v) is 2.08. The van der Waals surface area contributed by atoms with E-state index in [-0.39, 0.29) is 11.8 Å². The predicted octanol–water partition coefficient (Wildman–Crippen LogP) is 1.71. The zero-order valence-corrected chi connectivity index (χ0v) is 12.8. The van der Waals surface area contributed by atoms with Crippen LogP contribution in [0.5, 0.6) is 11.5 Å². The number of hydrogen-bond donors (Lipinski definition) is 2. The smallest absolute Gasteiger partial charge is 0.225 e. The minimum Gasteiger partial charge on any atom is -0.493 e. The van der Waals surface area contributed by atoms with Gasteiger partial charge in [0.25, 0.3) is 0 Å². The van der Waals surface area contributed by atoms with Crippen LogP contribution in [0.4, 0.5) is 0 Å². The van der Waals surface area contributed by atoms with E-state index in [0.29, 0.717) is 18.9 Å². The first-order valence-corrected chi connectivity index (χ1v) is 7.52. The second kappa shape index (κ2) is 7.88. The van der Waals surface area contributed by atoms with Gasteiger partial charge in [-0.05, 0) is 24.1 Å². The Bertz CT molecular complexity index is 473. The van der Waals surface area contributed by atoms with Gasteiger partial charge in [-0.3, -0.25) is 4.79 Å². The number of benzene rings is 1. The Morgan fingerprint density at radius 3 is 2.81 bits per heavy atom. The molecule has 21 heavy (non-hydrogen) atoms. The zero-order chi connectivity index (χ0) is 15.1. The van der Waals surface area contributed by atoms with E-state index in [1.807, 2.05) is 18.2 Å².